The second kappa shape index (κ2) is 1.39. The van der Waals surface area contributed by atoms with E-state index in [0.717, 1.165) is 10.2 Å². The Balaban J connectivity index is 2.08. The smallest absolute Gasteiger partial charge is 0.0367 e. The van der Waals surface area contributed by atoms with Gasteiger partial charge in [0.25, 0.3) is 0 Å². The van der Waals surface area contributed by atoms with Gasteiger partial charge in [0.1, 0.15) is 0 Å². The van der Waals surface area contributed by atoms with E-state index < -0.39 is 0 Å². The zero-order valence-corrected chi connectivity index (χ0v) is 6.14. The molecule has 40 valence electrons. The van der Waals surface area contributed by atoms with Gasteiger partial charge in [-0.05, 0) is 19.2 Å². The minimum atomic E-state index is 0.511. The summed E-state index contributed by atoms with van der Waals surface area (Å²) in [7, 11) is 0.511. The molecule has 0 spiro atoms. The predicted molar refractivity (Wildman–Crippen MR) is 37.5 cm³/mol. The first-order valence-electron chi connectivity index (χ1n) is 2.73. The molecule has 0 amide bonds. The van der Waals surface area contributed by atoms with Crippen LogP contribution in [0.15, 0.2) is 0 Å². The Bertz CT molecular complexity index is 94.1. The van der Waals surface area contributed by atoms with Crippen LogP contribution in [0.3, 0.4) is 0 Å². The lowest BCUT2D eigenvalue weighted by Gasteiger charge is -1.98. The van der Waals surface area contributed by atoms with Crippen LogP contribution in [0.4, 0.5) is 0 Å². The SMILES string of the molecule is CP1CCC2SC21. The standard InChI is InChI=1S/C5H9PS/c1-6-3-2-4-5(6)7-4/h4-5H,2-3H2,1H3. The summed E-state index contributed by atoms with van der Waals surface area (Å²) in [6.07, 6.45) is 3.11. The number of hydrogen-bond acceptors (Lipinski definition) is 1. The molecular weight excluding hydrogens is 123 g/mol. The molecule has 0 saturated carbocycles. The van der Waals surface area contributed by atoms with Crippen LogP contribution in [0.5, 0.6) is 0 Å². The Hall–Kier alpha value is 0.780. The van der Waals surface area contributed by atoms with E-state index in [4.69, 9.17) is 0 Å². The van der Waals surface area contributed by atoms with Crippen LogP contribution < -0.4 is 0 Å². The molecule has 2 aliphatic rings. The average Bonchev–Trinajstić information content (AvgIpc) is 2.33. The van der Waals surface area contributed by atoms with Crippen molar-refractivity contribution in [1.82, 2.24) is 0 Å². The van der Waals surface area contributed by atoms with Crippen LogP contribution >= 0.6 is 19.7 Å². The lowest BCUT2D eigenvalue weighted by molar-refractivity contribution is 1.02. The van der Waals surface area contributed by atoms with E-state index in [1.165, 1.54) is 6.42 Å². The van der Waals surface area contributed by atoms with Crippen LogP contribution in [0.1, 0.15) is 6.42 Å². The van der Waals surface area contributed by atoms with Crippen molar-refractivity contribution in [3.05, 3.63) is 0 Å². The van der Waals surface area contributed by atoms with E-state index in [2.05, 4.69) is 18.4 Å². The Morgan fingerprint density at radius 3 is 2.71 bits per heavy atom. The summed E-state index contributed by atoms with van der Waals surface area (Å²) in [6.45, 7) is 2.44. The van der Waals surface area contributed by atoms with Crippen molar-refractivity contribution in [2.75, 3.05) is 12.8 Å². The quantitative estimate of drug-likeness (QED) is 0.358. The first-order valence-corrected chi connectivity index (χ1v) is 5.72. The molecule has 2 heterocycles. The third-order valence-corrected chi connectivity index (χ3v) is 6.75. The summed E-state index contributed by atoms with van der Waals surface area (Å²) in [5, 5.41) is 1.14. The molecule has 7 heavy (non-hydrogen) atoms. The average molecular weight is 132 g/mol. The Kier molecular flexibility index (Phi) is 0.919. The van der Waals surface area contributed by atoms with Crippen molar-refractivity contribution in [3.8, 4) is 0 Å². The van der Waals surface area contributed by atoms with E-state index in [-0.39, 0.29) is 0 Å². The highest BCUT2D eigenvalue weighted by atomic mass is 32.2. The number of hydrogen-bond donors (Lipinski definition) is 0. The van der Waals surface area contributed by atoms with Gasteiger partial charge >= 0.3 is 0 Å². The number of fused-ring (bicyclic) bond motifs is 1. The predicted octanol–water partition coefficient (Wildman–Crippen LogP) is 1.94. The minimum Gasteiger partial charge on any atom is -0.148 e. The second-order valence-electron chi connectivity index (χ2n) is 2.33. The molecule has 0 aromatic carbocycles. The third-order valence-electron chi connectivity index (χ3n) is 1.76. The van der Waals surface area contributed by atoms with Gasteiger partial charge in [-0.15, -0.1) is 11.8 Å². The van der Waals surface area contributed by atoms with Gasteiger partial charge in [-0.3, -0.25) is 0 Å². The van der Waals surface area contributed by atoms with Crippen LogP contribution in [0.2, 0.25) is 0 Å². The topological polar surface area (TPSA) is 0 Å². The molecular formula is C5H9PS. The fraction of sp³-hybridized carbons (Fsp3) is 1.00. The van der Waals surface area contributed by atoms with Crippen LogP contribution in [0.25, 0.3) is 0 Å². The summed E-state index contributed by atoms with van der Waals surface area (Å²) in [4.78, 5) is 1.16. The second-order valence-corrected chi connectivity index (χ2v) is 6.59. The summed E-state index contributed by atoms with van der Waals surface area (Å²) in [6, 6.07) is 0. The molecule has 3 unspecified atom stereocenters. The molecule has 0 aromatic rings. The maximum Gasteiger partial charge on any atom is 0.0367 e. The van der Waals surface area contributed by atoms with Crippen LogP contribution in [0, 0.1) is 0 Å². The highest BCUT2D eigenvalue weighted by Crippen LogP contribution is 2.67. The van der Waals surface area contributed by atoms with E-state index in [1.807, 2.05) is 0 Å². The summed E-state index contributed by atoms with van der Waals surface area (Å²) >= 11 is 2.22. The lowest BCUT2D eigenvalue weighted by Crippen LogP contribution is -1.74. The Labute approximate surface area is 49.8 Å². The van der Waals surface area contributed by atoms with Gasteiger partial charge in [-0.2, -0.15) is 0 Å². The van der Waals surface area contributed by atoms with E-state index in [0.29, 0.717) is 7.92 Å². The first-order chi connectivity index (χ1) is 3.38. The lowest BCUT2D eigenvalue weighted by atomic mass is 10.4. The van der Waals surface area contributed by atoms with Crippen molar-refractivity contribution in [3.63, 3.8) is 0 Å². The molecule has 0 aromatic heterocycles. The van der Waals surface area contributed by atoms with Crippen LogP contribution in [-0.2, 0) is 0 Å². The van der Waals surface area contributed by atoms with E-state index in [9.17, 15) is 0 Å². The van der Waals surface area contributed by atoms with Gasteiger partial charge in [0, 0.05) is 10.2 Å². The highest BCUT2D eigenvalue weighted by molar-refractivity contribution is 8.14. The summed E-state index contributed by atoms with van der Waals surface area (Å²) in [5.74, 6) is 0. The molecule has 2 heteroatoms. The summed E-state index contributed by atoms with van der Waals surface area (Å²) < 4.78 is 0. The molecule has 2 aliphatic heterocycles. The molecule has 0 N–H and O–H groups in total. The molecule has 0 radical (unpaired) electrons. The van der Waals surface area contributed by atoms with E-state index in [1.54, 1.807) is 6.16 Å². The van der Waals surface area contributed by atoms with Gasteiger partial charge in [0.15, 0.2) is 0 Å². The summed E-state index contributed by atoms with van der Waals surface area (Å²) in [5.41, 5.74) is 0. The number of rotatable bonds is 0. The molecule has 2 fully saturated rings. The van der Waals surface area contributed by atoms with Gasteiger partial charge in [0.05, 0.1) is 0 Å². The number of thioether (sulfide) groups is 1. The van der Waals surface area contributed by atoms with Gasteiger partial charge in [-0.1, -0.05) is 7.92 Å². The van der Waals surface area contributed by atoms with Crippen molar-refractivity contribution in [2.45, 2.75) is 16.7 Å². The van der Waals surface area contributed by atoms with Crippen molar-refractivity contribution >= 4 is 19.7 Å². The fourth-order valence-electron chi connectivity index (χ4n) is 1.19. The molecule has 0 bridgehead atoms. The monoisotopic (exact) mass is 132 g/mol. The highest BCUT2D eigenvalue weighted by Gasteiger charge is 2.46. The Morgan fingerprint density at radius 1 is 1.71 bits per heavy atom. The molecule has 2 saturated heterocycles. The molecule has 2 rings (SSSR count). The van der Waals surface area contributed by atoms with Crippen molar-refractivity contribution < 1.29 is 0 Å². The normalized spacial score (nSPS) is 57.0. The molecule has 3 atom stereocenters. The third kappa shape index (κ3) is 0.622. The first kappa shape index (κ1) is 4.64. The zero-order chi connectivity index (χ0) is 4.85. The van der Waals surface area contributed by atoms with Gasteiger partial charge in [0.2, 0.25) is 0 Å². The largest absolute Gasteiger partial charge is 0.148 e. The minimum absolute atomic E-state index is 0.511. The van der Waals surface area contributed by atoms with Crippen LogP contribution in [-0.4, -0.2) is 23.1 Å². The maximum atomic E-state index is 2.44. The van der Waals surface area contributed by atoms with E-state index >= 15 is 0 Å². The van der Waals surface area contributed by atoms with Gasteiger partial charge in [-0.25, -0.2) is 0 Å². The van der Waals surface area contributed by atoms with Crippen molar-refractivity contribution in [1.29, 1.82) is 0 Å². The fourth-order valence-corrected chi connectivity index (χ4v) is 5.92. The van der Waals surface area contributed by atoms with Gasteiger partial charge < -0.3 is 0 Å². The zero-order valence-electron chi connectivity index (χ0n) is 4.42. The Morgan fingerprint density at radius 2 is 2.57 bits per heavy atom. The maximum absolute atomic E-state index is 2.44. The van der Waals surface area contributed by atoms with Crippen molar-refractivity contribution in [2.24, 2.45) is 0 Å². The molecule has 0 nitrogen and oxygen atoms in total. The molecule has 0 aliphatic carbocycles.